The number of aliphatic hydroxyl groups is 1. The van der Waals surface area contributed by atoms with Crippen molar-refractivity contribution in [3.63, 3.8) is 0 Å². The van der Waals surface area contributed by atoms with Crippen LogP contribution in [0.1, 0.15) is 29.3 Å². The molecule has 1 aromatic carbocycles. The van der Waals surface area contributed by atoms with Crippen LogP contribution in [0.15, 0.2) is 24.3 Å². The quantitative estimate of drug-likeness (QED) is 0.756. The summed E-state index contributed by atoms with van der Waals surface area (Å²) in [5, 5.41) is 10.5. The lowest BCUT2D eigenvalue weighted by Gasteiger charge is -2.31. The Labute approximate surface area is 94.7 Å². The standard InChI is InChI=1S/C13H13NO2/c1-3-9-13(16)11-8-6-5-7-10(11)12(15)14(13)4-2/h1,5-8,16H,4,9H2,2H3. The van der Waals surface area contributed by atoms with E-state index in [9.17, 15) is 9.90 Å². The van der Waals surface area contributed by atoms with Crippen LogP contribution >= 0.6 is 0 Å². The van der Waals surface area contributed by atoms with E-state index in [0.717, 1.165) is 0 Å². The monoisotopic (exact) mass is 215 g/mol. The second-order valence-corrected chi connectivity index (χ2v) is 3.79. The SMILES string of the molecule is C#CCC1(O)c2ccccc2C(=O)N1CC. The van der Waals surface area contributed by atoms with Gasteiger partial charge in [-0.25, -0.2) is 0 Å². The zero-order valence-corrected chi connectivity index (χ0v) is 9.10. The van der Waals surface area contributed by atoms with Gasteiger partial charge in [-0.15, -0.1) is 12.3 Å². The summed E-state index contributed by atoms with van der Waals surface area (Å²) in [7, 11) is 0. The van der Waals surface area contributed by atoms with Crippen LogP contribution in [0.25, 0.3) is 0 Å². The third-order valence-corrected chi connectivity index (χ3v) is 2.95. The molecule has 2 rings (SSSR count). The van der Waals surface area contributed by atoms with E-state index in [-0.39, 0.29) is 12.3 Å². The topological polar surface area (TPSA) is 40.5 Å². The van der Waals surface area contributed by atoms with Crippen molar-refractivity contribution < 1.29 is 9.90 Å². The molecular weight excluding hydrogens is 202 g/mol. The Hall–Kier alpha value is -1.79. The van der Waals surface area contributed by atoms with Gasteiger partial charge in [-0.2, -0.15) is 0 Å². The molecule has 0 saturated carbocycles. The number of carbonyl (C=O) groups excluding carboxylic acids is 1. The minimum absolute atomic E-state index is 0.115. The van der Waals surface area contributed by atoms with Gasteiger partial charge in [0, 0.05) is 17.7 Å². The molecule has 0 saturated heterocycles. The van der Waals surface area contributed by atoms with Gasteiger partial charge in [-0.1, -0.05) is 18.2 Å². The number of carbonyl (C=O) groups is 1. The molecule has 0 bridgehead atoms. The smallest absolute Gasteiger partial charge is 0.256 e. The number of hydrogen-bond acceptors (Lipinski definition) is 2. The molecule has 1 atom stereocenters. The van der Waals surface area contributed by atoms with Crippen LogP contribution in [0.4, 0.5) is 0 Å². The number of nitrogens with zero attached hydrogens (tertiary/aromatic N) is 1. The number of hydrogen-bond donors (Lipinski definition) is 1. The first-order valence-electron chi connectivity index (χ1n) is 5.22. The molecule has 0 fully saturated rings. The molecule has 1 aliphatic heterocycles. The van der Waals surface area contributed by atoms with Gasteiger partial charge < -0.3 is 10.0 Å². The number of benzene rings is 1. The van der Waals surface area contributed by atoms with Gasteiger partial charge in [0.1, 0.15) is 0 Å². The molecule has 16 heavy (non-hydrogen) atoms. The van der Waals surface area contributed by atoms with Crippen molar-refractivity contribution in [3.8, 4) is 12.3 Å². The van der Waals surface area contributed by atoms with Crippen molar-refractivity contribution in [1.82, 2.24) is 4.90 Å². The van der Waals surface area contributed by atoms with E-state index in [2.05, 4.69) is 5.92 Å². The zero-order valence-electron chi connectivity index (χ0n) is 9.10. The van der Waals surface area contributed by atoms with E-state index < -0.39 is 5.72 Å². The van der Waals surface area contributed by atoms with Crippen molar-refractivity contribution in [2.45, 2.75) is 19.1 Å². The van der Waals surface area contributed by atoms with Crippen molar-refractivity contribution in [1.29, 1.82) is 0 Å². The first-order valence-corrected chi connectivity index (χ1v) is 5.22. The molecule has 1 aromatic rings. The summed E-state index contributed by atoms with van der Waals surface area (Å²) in [6.45, 7) is 2.26. The molecule has 3 nitrogen and oxygen atoms in total. The number of terminal acetylenes is 1. The summed E-state index contributed by atoms with van der Waals surface area (Å²) in [5.74, 6) is 2.28. The minimum atomic E-state index is -1.34. The lowest BCUT2D eigenvalue weighted by Crippen LogP contribution is -2.43. The van der Waals surface area contributed by atoms with E-state index in [0.29, 0.717) is 17.7 Å². The van der Waals surface area contributed by atoms with Gasteiger partial charge in [0.15, 0.2) is 5.72 Å². The van der Waals surface area contributed by atoms with Crippen LogP contribution in [-0.4, -0.2) is 22.5 Å². The number of amides is 1. The van der Waals surface area contributed by atoms with Gasteiger partial charge in [0.05, 0.1) is 6.42 Å². The number of rotatable bonds is 2. The fourth-order valence-electron chi connectivity index (χ4n) is 2.22. The first-order chi connectivity index (χ1) is 7.65. The summed E-state index contributed by atoms with van der Waals surface area (Å²) in [4.78, 5) is 13.4. The van der Waals surface area contributed by atoms with E-state index in [1.54, 1.807) is 24.3 Å². The van der Waals surface area contributed by atoms with Gasteiger partial charge in [0.2, 0.25) is 0 Å². The maximum Gasteiger partial charge on any atom is 0.256 e. The van der Waals surface area contributed by atoms with Crippen LogP contribution < -0.4 is 0 Å². The Morgan fingerprint density at radius 2 is 2.19 bits per heavy atom. The molecule has 1 heterocycles. The number of fused-ring (bicyclic) bond motifs is 1. The Bertz CT molecular complexity index is 475. The maximum absolute atomic E-state index is 12.0. The lowest BCUT2D eigenvalue weighted by molar-refractivity contribution is -0.0776. The highest BCUT2D eigenvalue weighted by Crippen LogP contribution is 2.38. The normalized spacial score (nSPS) is 23.1. The molecule has 0 aromatic heterocycles. The molecular formula is C13H13NO2. The van der Waals surface area contributed by atoms with Crippen LogP contribution in [0.2, 0.25) is 0 Å². The van der Waals surface area contributed by atoms with Crippen LogP contribution in [0.3, 0.4) is 0 Å². The Morgan fingerprint density at radius 1 is 1.50 bits per heavy atom. The Balaban J connectivity index is 2.60. The van der Waals surface area contributed by atoms with Gasteiger partial charge in [0.25, 0.3) is 5.91 Å². The lowest BCUT2D eigenvalue weighted by atomic mass is 9.99. The van der Waals surface area contributed by atoms with Crippen LogP contribution in [-0.2, 0) is 5.72 Å². The molecule has 82 valence electrons. The fourth-order valence-corrected chi connectivity index (χ4v) is 2.22. The summed E-state index contributed by atoms with van der Waals surface area (Å²) in [6, 6.07) is 7.05. The highest BCUT2D eigenvalue weighted by atomic mass is 16.3. The summed E-state index contributed by atoms with van der Waals surface area (Å²) in [5.41, 5.74) is -0.182. The minimum Gasteiger partial charge on any atom is -0.366 e. The summed E-state index contributed by atoms with van der Waals surface area (Å²) < 4.78 is 0. The highest BCUT2D eigenvalue weighted by molar-refractivity contribution is 5.99. The largest absolute Gasteiger partial charge is 0.366 e. The fraction of sp³-hybridized carbons (Fsp3) is 0.308. The predicted molar refractivity (Wildman–Crippen MR) is 60.5 cm³/mol. The first kappa shape index (κ1) is 10.7. The summed E-state index contributed by atoms with van der Waals surface area (Å²) >= 11 is 0. The van der Waals surface area contributed by atoms with Gasteiger partial charge in [-0.05, 0) is 13.0 Å². The molecule has 3 heteroatoms. The second-order valence-electron chi connectivity index (χ2n) is 3.79. The zero-order chi connectivity index (χ0) is 11.8. The van der Waals surface area contributed by atoms with Crippen molar-refractivity contribution >= 4 is 5.91 Å². The van der Waals surface area contributed by atoms with E-state index in [1.807, 2.05) is 6.92 Å². The third-order valence-electron chi connectivity index (χ3n) is 2.95. The average Bonchev–Trinajstić information content (AvgIpc) is 2.50. The molecule has 1 unspecified atom stereocenters. The Morgan fingerprint density at radius 3 is 2.81 bits per heavy atom. The molecule has 0 aliphatic carbocycles. The van der Waals surface area contributed by atoms with E-state index in [4.69, 9.17) is 6.42 Å². The van der Waals surface area contributed by atoms with E-state index in [1.165, 1.54) is 4.90 Å². The molecule has 1 aliphatic rings. The second kappa shape index (κ2) is 3.66. The Kier molecular flexibility index (Phi) is 2.45. The molecule has 0 radical (unpaired) electrons. The molecule has 1 amide bonds. The van der Waals surface area contributed by atoms with Crippen molar-refractivity contribution in [2.24, 2.45) is 0 Å². The predicted octanol–water partition coefficient (Wildman–Crippen LogP) is 1.33. The summed E-state index contributed by atoms with van der Waals surface area (Å²) in [6.07, 6.45) is 5.38. The third kappa shape index (κ3) is 1.24. The molecule has 1 N–H and O–H groups in total. The van der Waals surface area contributed by atoms with Crippen molar-refractivity contribution in [2.75, 3.05) is 6.54 Å². The van der Waals surface area contributed by atoms with Crippen LogP contribution in [0, 0.1) is 12.3 Å². The molecule has 0 spiro atoms. The van der Waals surface area contributed by atoms with Gasteiger partial charge >= 0.3 is 0 Å². The highest BCUT2D eigenvalue weighted by Gasteiger charge is 2.46. The van der Waals surface area contributed by atoms with Crippen molar-refractivity contribution in [3.05, 3.63) is 35.4 Å². The van der Waals surface area contributed by atoms with E-state index >= 15 is 0 Å². The van der Waals surface area contributed by atoms with Crippen LogP contribution in [0.5, 0.6) is 0 Å². The average molecular weight is 215 g/mol. The maximum atomic E-state index is 12.0. The van der Waals surface area contributed by atoms with Gasteiger partial charge in [-0.3, -0.25) is 4.79 Å².